The van der Waals surface area contributed by atoms with Crippen LogP contribution in [0.1, 0.15) is 25.7 Å². The maximum absolute atomic E-state index is 10.5. The van der Waals surface area contributed by atoms with Gasteiger partial charge in [0.25, 0.3) is 0 Å². The molecule has 0 radical (unpaired) electrons. The van der Waals surface area contributed by atoms with Crippen molar-refractivity contribution < 1.29 is 14.6 Å². The van der Waals surface area contributed by atoms with Gasteiger partial charge in [-0.05, 0) is 18.8 Å². The van der Waals surface area contributed by atoms with E-state index in [1.165, 1.54) is 25.7 Å². The Kier molecular flexibility index (Phi) is 3.36. The Hall–Kier alpha value is -0.570. The van der Waals surface area contributed by atoms with Crippen LogP contribution < -0.4 is 0 Å². The Bertz CT molecular complexity index is 127. The summed E-state index contributed by atoms with van der Waals surface area (Å²) in [5, 5.41) is 8.33. The smallest absolute Gasteiger partial charge is 0.331 e. The predicted molar refractivity (Wildman–Crippen MR) is 40.0 cm³/mol. The van der Waals surface area contributed by atoms with Gasteiger partial charge >= 0.3 is 5.97 Å². The van der Waals surface area contributed by atoms with Crippen LogP contribution in [0, 0.1) is 5.92 Å². The van der Waals surface area contributed by atoms with E-state index in [2.05, 4.69) is 0 Å². The second-order valence-electron chi connectivity index (χ2n) is 2.99. The van der Waals surface area contributed by atoms with Gasteiger partial charge in [0.05, 0.1) is 6.61 Å². The maximum Gasteiger partial charge on any atom is 0.331 e. The van der Waals surface area contributed by atoms with Crippen LogP contribution in [-0.2, 0) is 9.53 Å². The van der Waals surface area contributed by atoms with E-state index in [0.29, 0.717) is 12.5 Å². The van der Waals surface area contributed by atoms with Crippen molar-refractivity contribution in [2.45, 2.75) is 25.7 Å². The lowest BCUT2D eigenvalue weighted by atomic mass is 10.1. The first-order chi connectivity index (χ1) is 5.33. The Balaban J connectivity index is 2.06. The summed E-state index contributed by atoms with van der Waals surface area (Å²) >= 11 is 0. The van der Waals surface area contributed by atoms with Gasteiger partial charge in [0, 0.05) is 0 Å². The molecule has 1 fully saturated rings. The molecule has 1 aliphatic carbocycles. The number of aliphatic hydroxyl groups excluding tert-OH is 1. The Morgan fingerprint density at radius 2 is 2.09 bits per heavy atom. The summed E-state index contributed by atoms with van der Waals surface area (Å²) in [5.74, 6) is 0.0439. The van der Waals surface area contributed by atoms with Gasteiger partial charge in [-0.3, -0.25) is 0 Å². The second kappa shape index (κ2) is 4.34. The number of rotatable bonds is 3. The average Bonchev–Trinajstić information content (AvgIpc) is 2.52. The van der Waals surface area contributed by atoms with Crippen molar-refractivity contribution in [3.8, 4) is 0 Å². The summed E-state index contributed by atoms with van der Waals surface area (Å²) in [5.41, 5.74) is 0. The lowest BCUT2D eigenvalue weighted by Gasteiger charge is -2.08. The number of carbonyl (C=O) groups excluding carboxylic acids is 1. The third-order valence-corrected chi connectivity index (χ3v) is 2.08. The van der Waals surface area contributed by atoms with Crippen molar-refractivity contribution >= 4 is 5.97 Å². The molecule has 1 saturated carbocycles. The van der Waals surface area contributed by atoms with Gasteiger partial charge in [-0.25, -0.2) is 4.79 Å². The van der Waals surface area contributed by atoms with Crippen LogP contribution in [0.2, 0.25) is 0 Å². The standard InChI is InChI=1S/C8H14O3/c9-5-8(10)11-6-7-3-1-2-4-7/h7,9H,1-6H2. The fourth-order valence-electron chi connectivity index (χ4n) is 1.43. The molecule has 0 amide bonds. The van der Waals surface area contributed by atoms with E-state index >= 15 is 0 Å². The molecule has 11 heavy (non-hydrogen) atoms. The van der Waals surface area contributed by atoms with Crippen molar-refractivity contribution in [3.05, 3.63) is 0 Å². The Morgan fingerprint density at radius 3 is 2.64 bits per heavy atom. The molecule has 64 valence electrons. The van der Waals surface area contributed by atoms with Gasteiger partial charge in [0.2, 0.25) is 0 Å². The zero-order chi connectivity index (χ0) is 8.10. The first kappa shape index (κ1) is 8.53. The third kappa shape index (κ3) is 2.89. The minimum atomic E-state index is -0.503. The summed E-state index contributed by atoms with van der Waals surface area (Å²) in [4.78, 5) is 10.5. The first-order valence-electron chi connectivity index (χ1n) is 4.09. The first-order valence-corrected chi connectivity index (χ1v) is 4.09. The van der Waals surface area contributed by atoms with Crippen molar-refractivity contribution in [1.82, 2.24) is 0 Å². The zero-order valence-electron chi connectivity index (χ0n) is 6.58. The zero-order valence-corrected chi connectivity index (χ0v) is 6.58. The minimum Gasteiger partial charge on any atom is -0.464 e. The number of carbonyl (C=O) groups is 1. The predicted octanol–water partition coefficient (Wildman–Crippen LogP) is 0.712. The summed E-state index contributed by atoms with van der Waals surface area (Å²) in [6.45, 7) is 0.00606. The SMILES string of the molecule is O=C(CO)OCC1CCCC1. The van der Waals surface area contributed by atoms with Crippen LogP contribution >= 0.6 is 0 Å². The molecule has 0 aromatic rings. The van der Waals surface area contributed by atoms with E-state index in [1.807, 2.05) is 0 Å². The number of hydrogen-bond donors (Lipinski definition) is 1. The molecule has 0 saturated heterocycles. The molecule has 1 N–H and O–H groups in total. The molecule has 0 aromatic heterocycles. The molecule has 0 aliphatic heterocycles. The molecule has 0 aromatic carbocycles. The van der Waals surface area contributed by atoms with E-state index in [9.17, 15) is 4.79 Å². The summed E-state index contributed by atoms with van der Waals surface area (Å²) in [6, 6.07) is 0. The molecule has 0 heterocycles. The second-order valence-corrected chi connectivity index (χ2v) is 2.99. The number of ether oxygens (including phenoxy) is 1. The topological polar surface area (TPSA) is 46.5 Å². The molecule has 3 heteroatoms. The number of esters is 1. The lowest BCUT2D eigenvalue weighted by molar-refractivity contribution is -0.148. The van der Waals surface area contributed by atoms with Gasteiger partial charge < -0.3 is 9.84 Å². The van der Waals surface area contributed by atoms with Crippen LogP contribution in [0.5, 0.6) is 0 Å². The highest BCUT2D eigenvalue weighted by molar-refractivity contribution is 5.70. The summed E-state index contributed by atoms with van der Waals surface area (Å²) < 4.78 is 4.79. The van der Waals surface area contributed by atoms with E-state index in [4.69, 9.17) is 9.84 Å². The number of aliphatic hydroxyl groups is 1. The Labute approximate surface area is 66.4 Å². The van der Waals surface area contributed by atoms with Gasteiger partial charge in [0.1, 0.15) is 6.61 Å². The van der Waals surface area contributed by atoms with Crippen molar-refractivity contribution in [3.63, 3.8) is 0 Å². The highest BCUT2D eigenvalue weighted by atomic mass is 16.5. The molecular weight excluding hydrogens is 144 g/mol. The van der Waals surface area contributed by atoms with Crippen LogP contribution in [0.4, 0.5) is 0 Å². The fourth-order valence-corrected chi connectivity index (χ4v) is 1.43. The van der Waals surface area contributed by atoms with E-state index in [-0.39, 0.29) is 0 Å². The van der Waals surface area contributed by atoms with Crippen LogP contribution in [0.3, 0.4) is 0 Å². The van der Waals surface area contributed by atoms with E-state index < -0.39 is 12.6 Å². The normalized spacial score (nSPS) is 18.6. The van der Waals surface area contributed by atoms with E-state index in [1.54, 1.807) is 0 Å². The fraction of sp³-hybridized carbons (Fsp3) is 0.875. The largest absolute Gasteiger partial charge is 0.464 e. The molecule has 1 aliphatic rings. The minimum absolute atomic E-state index is 0.493. The molecule has 0 spiro atoms. The van der Waals surface area contributed by atoms with Gasteiger partial charge in [-0.15, -0.1) is 0 Å². The van der Waals surface area contributed by atoms with Gasteiger partial charge in [-0.1, -0.05) is 12.8 Å². The summed E-state index contributed by atoms with van der Waals surface area (Å²) in [6.07, 6.45) is 4.83. The maximum atomic E-state index is 10.5. The molecule has 0 bridgehead atoms. The molecule has 3 nitrogen and oxygen atoms in total. The summed E-state index contributed by atoms with van der Waals surface area (Å²) in [7, 11) is 0. The average molecular weight is 158 g/mol. The lowest BCUT2D eigenvalue weighted by Crippen LogP contribution is -2.14. The van der Waals surface area contributed by atoms with Crippen molar-refractivity contribution in [1.29, 1.82) is 0 Å². The molecule has 0 unspecified atom stereocenters. The monoisotopic (exact) mass is 158 g/mol. The number of hydrogen-bond acceptors (Lipinski definition) is 3. The van der Waals surface area contributed by atoms with Crippen LogP contribution in [0.25, 0.3) is 0 Å². The van der Waals surface area contributed by atoms with Gasteiger partial charge in [-0.2, -0.15) is 0 Å². The van der Waals surface area contributed by atoms with E-state index in [0.717, 1.165) is 0 Å². The third-order valence-electron chi connectivity index (χ3n) is 2.08. The quantitative estimate of drug-likeness (QED) is 0.615. The Morgan fingerprint density at radius 1 is 1.45 bits per heavy atom. The highest BCUT2D eigenvalue weighted by Gasteiger charge is 2.16. The molecule has 1 rings (SSSR count). The van der Waals surface area contributed by atoms with Crippen molar-refractivity contribution in [2.75, 3.05) is 13.2 Å². The molecular formula is C8H14O3. The van der Waals surface area contributed by atoms with Gasteiger partial charge in [0.15, 0.2) is 0 Å². The van der Waals surface area contributed by atoms with Crippen molar-refractivity contribution in [2.24, 2.45) is 5.92 Å². The van der Waals surface area contributed by atoms with Crippen LogP contribution in [-0.4, -0.2) is 24.3 Å². The van der Waals surface area contributed by atoms with Crippen LogP contribution in [0.15, 0.2) is 0 Å². The highest BCUT2D eigenvalue weighted by Crippen LogP contribution is 2.24. The molecule has 0 atom stereocenters.